The number of thiophene rings is 1. The Labute approximate surface area is 153 Å². The zero-order valence-electron chi connectivity index (χ0n) is 14.7. The molecule has 5 rings (SSSR count). The molecule has 3 aromatic rings. The van der Waals surface area contributed by atoms with E-state index in [0.717, 1.165) is 16.6 Å². The maximum absolute atomic E-state index is 12.7. The van der Waals surface area contributed by atoms with E-state index in [2.05, 4.69) is 28.9 Å². The Kier molecular flexibility index (Phi) is 3.53. The lowest BCUT2D eigenvalue weighted by Gasteiger charge is -2.30. The zero-order valence-corrected chi connectivity index (χ0v) is 15.5. The molecule has 0 atom stereocenters. The molecule has 9 heteroatoms. The summed E-state index contributed by atoms with van der Waals surface area (Å²) in [5.74, 6) is 0.0605. The SMILES string of the molecule is CC1(C)Cc2c(sc3ncn4nc(C(=O)N5CCOCC5)nc4c23)CO1. The summed E-state index contributed by atoms with van der Waals surface area (Å²) < 4.78 is 12.9. The van der Waals surface area contributed by atoms with E-state index in [1.54, 1.807) is 27.1 Å². The van der Waals surface area contributed by atoms with E-state index in [9.17, 15) is 4.79 Å². The highest BCUT2D eigenvalue weighted by Gasteiger charge is 2.31. The Morgan fingerprint density at radius 2 is 2.12 bits per heavy atom. The number of ether oxygens (including phenoxy) is 2. The molecule has 0 unspecified atom stereocenters. The van der Waals surface area contributed by atoms with Gasteiger partial charge in [-0.15, -0.1) is 16.4 Å². The van der Waals surface area contributed by atoms with Crippen LogP contribution in [0.2, 0.25) is 0 Å². The highest BCUT2D eigenvalue weighted by molar-refractivity contribution is 7.19. The smallest absolute Gasteiger partial charge is 0.293 e. The summed E-state index contributed by atoms with van der Waals surface area (Å²) in [6, 6.07) is 0. The fourth-order valence-corrected chi connectivity index (χ4v) is 4.61. The Hall–Kier alpha value is -2.10. The molecule has 0 N–H and O–H groups in total. The van der Waals surface area contributed by atoms with Crippen LogP contribution in [0.15, 0.2) is 6.33 Å². The Morgan fingerprint density at radius 3 is 2.92 bits per heavy atom. The minimum absolute atomic E-state index is 0.155. The van der Waals surface area contributed by atoms with Crippen molar-refractivity contribution in [3.63, 3.8) is 0 Å². The van der Waals surface area contributed by atoms with Gasteiger partial charge >= 0.3 is 0 Å². The summed E-state index contributed by atoms with van der Waals surface area (Å²) in [5.41, 5.74) is 1.69. The van der Waals surface area contributed by atoms with Gasteiger partial charge in [0.05, 0.1) is 30.8 Å². The predicted molar refractivity (Wildman–Crippen MR) is 95.5 cm³/mol. The second kappa shape index (κ2) is 5.70. The number of rotatable bonds is 1. The molecule has 136 valence electrons. The minimum Gasteiger partial charge on any atom is -0.378 e. The van der Waals surface area contributed by atoms with Gasteiger partial charge in [-0.3, -0.25) is 4.79 Å². The fourth-order valence-electron chi connectivity index (χ4n) is 3.54. The quantitative estimate of drug-likeness (QED) is 0.645. The first kappa shape index (κ1) is 16.1. The normalized spacial score (nSPS) is 19.8. The number of hydrogen-bond acceptors (Lipinski definition) is 7. The van der Waals surface area contributed by atoms with Crippen LogP contribution in [-0.2, 0) is 22.5 Å². The van der Waals surface area contributed by atoms with Crippen LogP contribution in [0.1, 0.15) is 34.9 Å². The highest BCUT2D eigenvalue weighted by atomic mass is 32.1. The zero-order chi connectivity index (χ0) is 17.9. The van der Waals surface area contributed by atoms with Crippen molar-refractivity contribution in [2.45, 2.75) is 32.5 Å². The molecule has 3 aromatic heterocycles. The average molecular weight is 373 g/mol. The number of nitrogens with zero attached hydrogens (tertiary/aromatic N) is 5. The molecule has 0 aliphatic carbocycles. The average Bonchev–Trinajstić information content (AvgIpc) is 3.21. The van der Waals surface area contributed by atoms with Crippen LogP contribution >= 0.6 is 11.3 Å². The second-order valence-corrected chi connectivity index (χ2v) is 8.35. The molecule has 2 aliphatic rings. The summed E-state index contributed by atoms with van der Waals surface area (Å²) in [7, 11) is 0. The topological polar surface area (TPSA) is 81.9 Å². The van der Waals surface area contributed by atoms with Gasteiger partial charge in [-0.2, -0.15) is 0 Å². The lowest BCUT2D eigenvalue weighted by Crippen LogP contribution is -2.41. The van der Waals surface area contributed by atoms with Crippen molar-refractivity contribution in [2.24, 2.45) is 0 Å². The van der Waals surface area contributed by atoms with Crippen molar-refractivity contribution in [1.82, 2.24) is 24.5 Å². The van der Waals surface area contributed by atoms with E-state index in [0.29, 0.717) is 38.6 Å². The Morgan fingerprint density at radius 1 is 1.31 bits per heavy atom. The molecule has 1 fully saturated rings. The van der Waals surface area contributed by atoms with Crippen LogP contribution in [-0.4, -0.2) is 62.3 Å². The van der Waals surface area contributed by atoms with E-state index in [1.165, 1.54) is 10.4 Å². The maximum atomic E-state index is 12.7. The van der Waals surface area contributed by atoms with Gasteiger partial charge in [0.2, 0.25) is 5.82 Å². The van der Waals surface area contributed by atoms with Crippen molar-refractivity contribution in [2.75, 3.05) is 26.3 Å². The van der Waals surface area contributed by atoms with Crippen LogP contribution < -0.4 is 0 Å². The van der Waals surface area contributed by atoms with Gasteiger partial charge in [0.1, 0.15) is 11.2 Å². The molecule has 26 heavy (non-hydrogen) atoms. The van der Waals surface area contributed by atoms with Crippen molar-refractivity contribution in [3.8, 4) is 0 Å². The summed E-state index contributed by atoms with van der Waals surface area (Å²) in [6.07, 6.45) is 2.43. The van der Waals surface area contributed by atoms with Gasteiger partial charge in [-0.25, -0.2) is 14.5 Å². The number of carbonyl (C=O) groups excluding carboxylic acids is 1. The van der Waals surface area contributed by atoms with Gasteiger partial charge in [0.15, 0.2) is 5.65 Å². The first-order valence-corrected chi connectivity index (χ1v) is 9.50. The lowest BCUT2D eigenvalue weighted by atomic mass is 9.94. The summed E-state index contributed by atoms with van der Waals surface area (Å²) in [4.78, 5) is 25.7. The van der Waals surface area contributed by atoms with E-state index in [1.807, 2.05) is 0 Å². The van der Waals surface area contributed by atoms with Gasteiger partial charge in [-0.05, 0) is 19.4 Å². The molecular formula is C17H19N5O3S. The molecule has 0 bridgehead atoms. The lowest BCUT2D eigenvalue weighted by molar-refractivity contribution is -0.0379. The monoisotopic (exact) mass is 373 g/mol. The Bertz CT molecular complexity index is 1020. The van der Waals surface area contributed by atoms with Gasteiger partial charge in [-0.1, -0.05) is 0 Å². The van der Waals surface area contributed by atoms with Crippen molar-refractivity contribution in [3.05, 3.63) is 22.6 Å². The van der Waals surface area contributed by atoms with Crippen LogP contribution in [0.5, 0.6) is 0 Å². The molecule has 0 radical (unpaired) electrons. The van der Waals surface area contributed by atoms with Crippen LogP contribution in [0.4, 0.5) is 0 Å². The third kappa shape index (κ3) is 2.50. The number of aromatic nitrogens is 4. The molecule has 1 amide bonds. The second-order valence-electron chi connectivity index (χ2n) is 7.26. The number of hydrogen-bond donors (Lipinski definition) is 0. The van der Waals surface area contributed by atoms with Crippen molar-refractivity contribution < 1.29 is 14.3 Å². The number of morpholine rings is 1. The number of carbonyl (C=O) groups is 1. The predicted octanol–water partition coefficient (Wildman–Crippen LogP) is 1.66. The highest BCUT2D eigenvalue weighted by Crippen LogP contribution is 2.39. The molecule has 0 aromatic carbocycles. The van der Waals surface area contributed by atoms with E-state index < -0.39 is 0 Å². The van der Waals surface area contributed by atoms with E-state index in [4.69, 9.17) is 9.47 Å². The largest absolute Gasteiger partial charge is 0.378 e. The minimum atomic E-state index is -0.222. The van der Waals surface area contributed by atoms with Crippen LogP contribution in [0.3, 0.4) is 0 Å². The first-order chi connectivity index (χ1) is 12.5. The fraction of sp³-hybridized carbons (Fsp3) is 0.529. The summed E-state index contributed by atoms with van der Waals surface area (Å²) >= 11 is 1.63. The first-order valence-electron chi connectivity index (χ1n) is 8.68. The number of amides is 1. The summed E-state index contributed by atoms with van der Waals surface area (Å²) in [6.45, 7) is 7.01. The van der Waals surface area contributed by atoms with Gasteiger partial charge in [0, 0.05) is 24.4 Å². The van der Waals surface area contributed by atoms with Crippen molar-refractivity contribution >= 4 is 33.1 Å². The van der Waals surface area contributed by atoms with E-state index >= 15 is 0 Å². The third-order valence-corrected chi connectivity index (χ3v) is 6.01. The van der Waals surface area contributed by atoms with E-state index in [-0.39, 0.29) is 17.3 Å². The van der Waals surface area contributed by atoms with Gasteiger partial charge in [0.25, 0.3) is 5.91 Å². The molecule has 1 saturated heterocycles. The van der Waals surface area contributed by atoms with Gasteiger partial charge < -0.3 is 14.4 Å². The molecule has 2 aliphatic heterocycles. The standard InChI is InChI=1S/C17H19N5O3S/c1-17(2)7-10-11(8-25-17)26-15-12(10)14-19-13(20-22(14)9-18-15)16(23)21-3-5-24-6-4-21/h9H,3-8H2,1-2H3. The summed E-state index contributed by atoms with van der Waals surface area (Å²) in [5, 5.41) is 5.38. The molecule has 0 spiro atoms. The molecule has 8 nitrogen and oxygen atoms in total. The molecule has 0 saturated carbocycles. The van der Waals surface area contributed by atoms with Crippen LogP contribution in [0.25, 0.3) is 15.9 Å². The third-order valence-electron chi connectivity index (χ3n) is 4.90. The maximum Gasteiger partial charge on any atom is 0.293 e. The van der Waals surface area contributed by atoms with Crippen LogP contribution in [0, 0.1) is 0 Å². The Balaban J connectivity index is 1.63. The number of fused-ring (bicyclic) bond motifs is 5. The molecule has 5 heterocycles. The molecular weight excluding hydrogens is 354 g/mol. The van der Waals surface area contributed by atoms with Crippen molar-refractivity contribution in [1.29, 1.82) is 0 Å².